The summed E-state index contributed by atoms with van der Waals surface area (Å²) < 4.78 is 15.8. The monoisotopic (exact) mass is 403 g/mol. The molecule has 2 aromatic heterocycles. The molecular weight excluding hydrogens is 385 g/mol. The van der Waals surface area contributed by atoms with Crippen LogP contribution in [0.25, 0.3) is 22.0 Å². The molecule has 0 bridgehead atoms. The number of aryl methyl sites for hydroxylation is 1. The molecule has 1 unspecified atom stereocenters. The third kappa shape index (κ3) is 3.74. The van der Waals surface area contributed by atoms with Gasteiger partial charge in [-0.15, -0.1) is 11.3 Å². The molecule has 0 aliphatic rings. The van der Waals surface area contributed by atoms with Crippen LogP contribution >= 0.6 is 11.3 Å². The van der Waals surface area contributed by atoms with Crippen molar-refractivity contribution in [2.75, 3.05) is 0 Å². The van der Waals surface area contributed by atoms with E-state index >= 15 is 0 Å². The molecule has 2 heterocycles. The number of phenols is 1. The fraction of sp³-hybridized carbons (Fsp3) is 0.211. The zero-order valence-electron chi connectivity index (χ0n) is 14.9. The number of primary amides is 1. The number of aromatic carboxylic acids is 1. The lowest BCUT2D eigenvalue weighted by molar-refractivity contribution is -0.122. The first-order chi connectivity index (χ1) is 13.3. The third-order valence-corrected chi connectivity index (χ3v) is 5.37. The number of carboxylic acids is 1. The number of aromatic nitrogens is 2. The van der Waals surface area contributed by atoms with E-state index in [1.807, 2.05) is 6.92 Å². The molecule has 9 heteroatoms. The van der Waals surface area contributed by atoms with Crippen molar-refractivity contribution in [3.63, 3.8) is 0 Å². The van der Waals surface area contributed by atoms with Gasteiger partial charge < -0.3 is 20.5 Å². The summed E-state index contributed by atoms with van der Waals surface area (Å²) in [5, 5.41) is 19.5. The smallest absolute Gasteiger partial charge is 0.337 e. The van der Waals surface area contributed by atoms with E-state index in [9.17, 15) is 24.2 Å². The number of aromatic hydroxyl groups is 1. The summed E-state index contributed by atoms with van der Waals surface area (Å²) in [6.07, 6.45) is -0.581. The van der Waals surface area contributed by atoms with Crippen LogP contribution in [0.1, 0.15) is 22.2 Å². The highest BCUT2D eigenvalue weighted by atomic mass is 32.1. The Morgan fingerprint density at radius 1 is 1.29 bits per heavy atom. The Kier molecular flexibility index (Phi) is 5.46. The number of rotatable bonds is 7. The molecule has 0 fully saturated rings. The number of phenolic OH excluding ortho intramolecular Hbond substituents is 1. The minimum atomic E-state index is -1.91. The molecule has 3 aromatic rings. The summed E-state index contributed by atoms with van der Waals surface area (Å²) in [6.45, 7) is 2.34. The van der Waals surface area contributed by atoms with Crippen molar-refractivity contribution in [2.24, 2.45) is 5.73 Å². The standard InChI is InChI=1S/C19H18FN3O4S/c1-2-23-8-7-12(19(26)27)16(23)15-14(9-13(20)17(21)25)28-18(22-15)10-3-5-11(24)6-4-10/h3-8,13,24H,2,9H2,1H3,(H2,21,25)(H,26,27). The van der Waals surface area contributed by atoms with Gasteiger partial charge >= 0.3 is 5.97 Å². The Balaban J connectivity index is 2.19. The van der Waals surface area contributed by atoms with E-state index in [0.29, 0.717) is 33.4 Å². The number of amides is 1. The van der Waals surface area contributed by atoms with Crippen LogP contribution in [0.2, 0.25) is 0 Å². The van der Waals surface area contributed by atoms with Crippen LogP contribution in [0.15, 0.2) is 36.5 Å². The molecule has 146 valence electrons. The minimum Gasteiger partial charge on any atom is -0.508 e. The summed E-state index contributed by atoms with van der Waals surface area (Å²) in [5.74, 6) is -2.12. The van der Waals surface area contributed by atoms with Gasteiger partial charge in [0.15, 0.2) is 6.17 Å². The van der Waals surface area contributed by atoms with E-state index in [-0.39, 0.29) is 17.7 Å². The Morgan fingerprint density at radius 3 is 2.54 bits per heavy atom. The van der Waals surface area contributed by atoms with Crippen molar-refractivity contribution in [2.45, 2.75) is 26.1 Å². The molecule has 0 aliphatic carbocycles. The zero-order chi connectivity index (χ0) is 20.4. The maximum atomic E-state index is 14.1. The van der Waals surface area contributed by atoms with Crippen molar-refractivity contribution < 1.29 is 24.2 Å². The van der Waals surface area contributed by atoms with E-state index in [1.165, 1.54) is 18.2 Å². The van der Waals surface area contributed by atoms with E-state index < -0.39 is 18.0 Å². The number of carbonyl (C=O) groups is 2. The van der Waals surface area contributed by atoms with Gasteiger partial charge in [0.25, 0.3) is 5.91 Å². The van der Waals surface area contributed by atoms with E-state index in [2.05, 4.69) is 4.98 Å². The summed E-state index contributed by atoms with van der Waals surface area (Å²) in [4.78, 5) is 27.9. The fourth-order valence-corrected chi connectivity index (χ4v) is 3.93. The van der Waals surface area contributed by atoms with Crippen LogP contribution in [-0.2, 0) is 17.8 Å². The van der Waals surface area contributed by atoms with Crippen molar-refractivity contribution in [3.8, 4) is 27.7 Å². The van der Waals surface area contributed by atoms with Gasteiger partial charge in [-0.3, -0.25) is 4.79 Å². The molecule has 7 nitrogen and oxygen atoms in total. The fourth-order valence-electron chi connectivity index (χ4n) is 2.84. The summed E-state index contributed by atoms with van der Waals surface area (Å²) in [7, 11) is 0. The van der Waals surface area contributed by atoms with Gasteiger partial charge in [-0.25, -0.2) is 14.2 Å². The number of alkyl halides is 1. The number of nitrogens with zero attached hydrogens (tertiary/aromatic N) is 2. The number of nitrogens with two attached hydrogens (primary N) is 1. The van der Waals surface area contributed by atoms with Gasteiger partial charge in [-0.05, 0) is 37.3 Å². The third-order valence-electron chi connectivity index (χ3n) is 4.24. The summed E-state index contributed by atoms with van der Waals surface area (Å²) in [6, 6.07) is 7.76. The van der Waals surface area contributed by atoms with Gasteiger partial charge in [-0.2, -0.15) is 0 Å². The first-order valence-corrected chi connectivity index (χ1v) is 9.28. The van der Waals surface area contributed by atoms with Gasteiger partial charge in [0.1, 0.15) is 16.5 Å². The summed E-state index contributed by atoms with van der Waals surface area (Å²) >= 11 is 1.16. The average Bonchev–Trinajstić information content (AvgIpc) is 3.25. The largest absolute Gasteiger partial charge is 0.508 e. The second-order valence-electron chi connectivity index (χ2n) is 6.08. The van der Waals surface area contributed by atoms with Gasteiger partial charge in [-0.1, -0.05) is 0 Å². The van der Waals surface area contributed by atoms with Gasteiger partial charge in [0.2, 0.25) is 0 Å². The predicted molar refractivity (Wildman–Crippen MR) is 103 cm³/mol. The number of thiazole rings is 1. The minimum absolute atomic E-state index is 0.0418. The molecule has 1 atom stereocenters. The normalized spacial score (nSPS) is 12.1. The maximum absolute atomic E-state index is 14.1. The van der Waals surface area contributed by atoms with Crippen molar-refractivity contribution in [1.82, 2.24) is 9.55 Å². The lowest BCUT2D eigenvalue weighted by Gasteiger charge is -2.09. The van der Waals surface area contributed by atoms with E-state index in [0.717, 1.165) is 11.3 Å². The molecule has 1 aromatic carbocycles. The summed E-state index contributed by atoms with van der Waals surface area (Å²) in [5.41, 5.74) is 6.44. The number of hydrogen-bond acceptors (Lipinski definition) is 5. The molecule has 4 N–H and O–H groups in total. The van der Waals surface area contributed by atoms with Crippen LogP contribution in [0.5, 0.6) is 5.75 Å². The molecular formula is C19H18FN3O4S. The highest BCUT2D eigenvalue weighted by Crippen LogP contribution is 2.37. The van der Waals surface area contributed by atoms with Crippen molar-refractivity contribution >= 4 is 23.2 Å². The van der Waals surface area contributed by atoms with E-state index in [4.69, 9.17) is 5.73 Å². The van der Waals surface area contributed by atoms with Crippen LogP contribution < -0.4 is 5.73 Å². The Hall–Kier alpha value is -3.20. The quantitative estimate of drug-likeness (QED) is 0.560. The maximum Gasteiger partial charge on any atom is 0.337 e. The topological polar surface area (TPSA) is 118 Å². The van der Waals surface area contributed by atoms with Crippen LogP contribution in [-0.4, -0.2) is 37.8 Å². The first-order valence-electron chi connectivity index (χ1n) is 8.47. The van der Waals surface area contributed by atoms with Gasteiger partial charge in [0, 0.05) is 29.6 Å². The molecule has 0 spiro atoms. The van der Waals surface area contributed by atoms with E-state index in [1.54, 1.807) is 22.9 Å². The lowest BCUT2D eigenvalue weighted by Crippen LogP contribution is -2.26. The SMILES string of the molecule is CCn1ccc(C(=O)O)c1-c1nc(-c2ccc(O)cc2)sc1CC(F)C(N)=O. The Bertz CT molecular complexity index is 1030. The molecule has 0 aliphatic heterocycles. The molecule has 0 saturated carbocycles. The second kappa shape index (κ2) is 7.81. The number of carboxylic acid groups (broad SMARTS) is 1. The molecule has 1 amide bonds. The first kappa shape index (κ1) is 19.6. The van der Waals surface area contributed by atoms with Crippen molar-refractivity contribution in [1.29, 1.82) is 0 Å². The van der Waals surface area contributed by atoms with Crippen LogP contribution in [0.3, 0.4) is 0 Å². The lowest BCUT2D eigenvalue weighted by atomic mass is 10.1. The number of benzene rings is 1. The number of halogens is 1. The Labute approximate surface area is 163 Å². The molecule has 0 saturated heterocycles. The number of hydrogen-bond donors (Lipinski definition) is 3. The predicted octanol–water partition coefficient (Wildman–Crippen LogP) is 3.07. The highest BCUT2D eigenvalue weighted by Gasteiger charge is 2.26. The van der Waals surface area contributed by atoms with Crippen molar-refractivity contribution in [3.05, 3.63) is 47.0 Å². The number of carbonyl (C=O) groups excluding carboxylic acids is 1. The van der Waals surface area contributed by atoms with Crippen LogP contribution in [0.4, 0.5) is 4.39 Å². The van der Waals surface area contributed by atoms with Crippen LogP contribution in [0, 0.1) is 0 Å². The highest BCUT2D eigenvalue weighted by molar-refractivity contribution is 7.15. The van der Waals surface area contributed by atoms with Gasteiger partial charge in [0.05, 0.1) is 11.3 Å². The Morgan fingerprint density at radius 2 is 1.96 bits per heavy atom. The molecule has 28 heavy (non-hydrogen) atoms. The average molecular weight is 403 g/mol. The molecule has 0 radical (unpaired) electrons. The molecule has 3 rings (SSSR count). The zero-order valence-corrected chi connectivity index (χ0v) is 15.7. The second-order valence-corrected chi connectivity index (χ2v) is 7.16.